The minimum atomic E-state index is -3.58. The Kier molecular flexibility index (Phi) is 5.14. The van der Waals surface area contributed by atoms with Gasteiger partial charge in [0.25, 0.3) is 10.9 Å². The first-order valence-corrected chi connectivity index (χ1v) is 10.5. The lowest BCUT2D eigenvalue weighted by Crippen LogP contribution is -2.44. The maximum absolute atomic E-state index is 12.3. The molecule has 2 N–H and O–H groups in total. The van der Waals surface area contributed by atoms with Crippen LogP contribution in [-0.2, 0) is 10.0 Å². The highest BCUT2D eigenvalue weighted by Crippen LogP contribution is 2.33. The van der Waals surface area contributed by atoms with Crippen molar-refractivity contribution in [3.8, 4) is 0 Å². The van der Waals surface area contributed by atoms with E-state index in [9.17, 15) is 18.0 Å². The van der Waals surface area contributed by atoms with E-state index in [1.165, 1.54) is 32.6 Å². The molecule has 0 spiro atoms. The standard InChI is InChI=1S/C19H25N3O4S/c1-19(10-5-4-6-11-19)21-16-15(17(23)18(16)24)20-13-8-7-9-14(12-13)27(25,26)22(2)3/h7-9,12,20-21H,4-6,10-11H2,1-3H3. The van der Waals surface area contributed by atoms with E-state index in [4.69, 9.17) is 0 Å². The van der Waals surface area contributed by atoms with Crippen molar-refractivity contribution < 1.29 is 8.42 Å². The quantitative estimate of drug-likeness (QED) is 0.734. The van der Waals surface area contributed by atoms with Gasteiger partial charge in [-0.25, -0.2) is 12.7 Å². The van der Waals surface area contributed by atoms with Gasteiger partial charge in [-0.05, 0) is 38.0 Å². The van der Waals surface area contributed by atoms with Crippen molar-refractivity contribution in [1.82, 2.24) is 4.31 Å². The Hall–Kier alpha value is -2.19. The fraction of sp³-hybridized carbons (Fsp3) is 0.474. The van der Waals surface area contributed by atoms with Gasteiger partial charge in [-0.2, -0.15) is 0 Å². The highest BCUT2D eigenvalue weighted by Gasteiger charge is 2.31. The summed E-state index contributed by atoms with van der Waals surface area (Å²) in [6, 6.07) is 6.21. The van der Waals surface area contributed by atoms with E-state index in [-0.39, 0.29) is 16.1 Å². The molecule has 1 aliphatic carbocycles. The summed E-state index contributed by atoms with van der Waals surface area (Å²) >= 11 is 0. The van der Waals surface area contributed by atoms with Gasteiger partial charge in [0.05, 0.1) is 4.90 Å². The molecule has 1 saturated carbocycles. The maximum atomic E-state index is 12.3. The molecule has 7 nitrogen and oxygen atoms in total. The van der Waals surface area contributed by atoms with E-state index < -0.39 is 20.9 Å². The van der Waals surface area contributed by atoms with Crippen LogP contribution < -0.4 is 21.5 Å². The van der Waals surface area contributed by atoms with E-state index in [0.717, 1.165) is 30.0 Å². The summed E-state index contributed by atoms with van der Waals surface area (Å²) in [5, 5.41) is 6.20. The molecule has 0 radical (unpaired) electrons. The zero-order valence-electron chi connectivity index (χ0n) is 15.8. The molecular formula is C19H25N3O4S. The fourth-order valence-electron chi connectivity index (χ4n) is 3.48. The van der Waals surface area contributed by atoms with Crippen molar-refractivity contribution in [3.05, 3.63) is 44.7 Å². The molecule has 0 atom stereocenters. The summed E-state index contributed by atoms with van der Waals surface area (Å²) in [6.07, 6.45) is 5.25. The molecule has 0 saturated heterocycles. The highest BCUT2D eigenvalue weighted by molar-refractivity contribution is 7.89. The number of hydrogen-bond acceptors (Lipinski definition) is 6. The van der Waals surface area contributed by atoms with Crippen molar-refractivity contribution in [1.29, 1.82) is 0 Å². The second kappa shape index (κ2) is 7.09. The van der Waals surface area contributed by atoms with Gasteiger partial charge in [0.1, 0.15) is 11.4 Å². The Morgan fingerprint density at radius 2 is 1.63 bits per heavy atom. The average Bonchev–Trinajstić information content (AvgIpc) is 2.65. The van der Waals surface area contributed by atoms with E-state index >= 15 is 0 Å². The van der Waals surface area contributed by atoms with Crippen LogP contribution in [-0.4, -0.2) is 32.4 Å². The van der Waals surface area contributed by atoms with E-state index in [0.29, 0.717) is 11.4 Å². The minimum absolute atomic E-state index is 0.116. The van der Waals surface area contributed by atoms with Gasteiger partial charge in [0.15, 0.2) is 0 Å². The lowest BCUT2D eigenvalue weighted by atomic mass is 9.83. The summed E-state index contributed by atoms with van der Waals surface area (Å²) < 4.78 is 25.7. The summed E-state index contributed by atoms with van der Waals surface area (Å²) in [5.74, 6) is 0. The second-order valence-corrected chi connectivity index (χ2v) is 9.75. The Bertz CT molecular complexity index is 1010. The van der Waals surface area contributed by atoms with Gasteiger partial charge < -0.3 is 10.6 Å². The smallest absolute Gasteiger partial charge is 0.253 e. The molecule has 0 amide bonds. The van der Waals surface area contributed by atoms with Crippen molar-refractivity contribution in [3.63, 3.8) is 0 Å². The Morgan fingerprint density at radius 1 is 1.00 bits per heavy atom. The van der Waals surface area contributed by atoms with Crippen LogP contribution in [0.4, 0.5) is 17.1 Å². The zero-order chi connectivity index (χ0) is 19.8. The number of rotatable bonds is 6. The van der Waals surface area contributed by atoms with Crippen LogP contribution in [0.15, 0.2) is 38.8 Å². The molecule has 1 fully saturated rings. The molecule has 0 unspecified atom stereocenters. The molecule has 146 valence electrons. The van der Waals surface area contributed by atoms with Crippen LogP contribution in [0.2, 0.25) is 0 Å². The number of nitrogens with one attached hydrogen (secondary N) is 2. The molecule has 0 heterocycles. The maximum Gasteiger partial charge on any atom is 0.253 e. The highest BCUT2D eigenvalue weighted by atomic mass is 32.2. The van der Waals surface area contributed by atoms with Crippen LogP contribution in [0.5, 0.6) is 0 Å². The first-order chi connectivity index (χ1) is 12.6. The van der Waals surface area contributed by atoms with Crippen LogP contribution >= 0.6 is 0 Å². The van der Waals surface area contributed by atoms with Crippen LogP contribution in [0.3, 0.4) is 0 Å². The first-order valence-electron chi connectivity index (χ1n) is 9.05. The molecule has 0 bridgehead atoms. The summed E-state index contributed by atoms with van der Waals surface area (Å²) in [6.45, 7) is 2.07. The van der Waals surface area contributed by atoms with Crippen molar-refractivity contribution in [2.75, 3.05) is 24.7 Å². The molecule has 3 rings (SSSR count). The van der Waals surface area contributed by atoms with Crippen LogP contribution in [0.1, 0.15) is 39.0 Å². The fourth-order valence-corrected chi connectivity index (χ4v) is 4.43. The number of hydrogen-bond donors (Lipinski definition) is 2. The number of sulfonamides is 1. The SMILES string of the molecule is CN(C)S(=O)(=O)c1cccc(Nc2c(NC3(C)CCCCC3)c(=O)c2=O)c1. The van der Waals surface area contributed by atoms with Gasteiger partial charge in [0.2, 0.25) is 10.0 Å². The average molecular weight is 391 g/mol. The molecule has 2 aromatic rings. The lowest BCUT2D eigenvalue weighted by Gasteiger charge is -2.36. The third-order valence-electron chi connectivity index (χ3n) is 5.18. The van der Waals surface area contributed by atoms with Gasteiger partial charge in [0, 0.05) is 25.3 Å². The van der Waals surface area contributed by atoms with Gasteiger partial charge >= 0.3 is 0 Å². The Morgan fingerprint density at radius 3 is 2.26 bits per heavy atom. The monoisotopic (exact) mass is 391 g/mol. The molecule has 2 aromatic carbocycles. The minimum Gasteiger partial charge on any atom is -0.375 e. The van der Waals surface area contributed by atoms with Crippen LogP contribution in [0, 0.1) is 0 Å². The lowest BCUT2D eigenvalue weighted by molar-refractivity contribution is 0.349. The third kappa shape index (κ3) is 3.77. The Labute approximate surface area is 159 Å². The molecule has 27 heavy (non-hydrogen) atoms. The van der Waals surface area contributed by atoms with Crippen molar-refractivity contribution >= 4 is 27.1 Å². The predicted octanol–water partition coefficient (Wildman–Crippen LogP) is 2.41. The topological polar surface area (TPSA) is 95.6 Å². The zero-order valence-corrected chi connectivity index (χ0v) is 16.6. The van der Waals surface area contributed by atoms with Gasteiger partial charge in [-0.3, -0.25) is 9.59 Å². The largest absolute Gasteiger partial charge is 0.375 e. The predicted molar refractivity (Wildman–Crippen MR) is 107 cm³/mol. The molecule has 1 aliphatic rings. The summed E-state index contributed by atoms with van der Waals surface area (Å²) in [5.41, 5.74) is -0.370. The molecule has 0 aromatic heterocycles. The van der Waals surface area contributed by atoms with Crippen molar-refractivity contribution in [2.45, 2.75) is 49.5 Å². The van der Waals surface area contributed by atoms with Crippen molar-refractivity contribution in [2.24, 2.45) is 0 Å². The summed E-state index contributed by atoms with van der Waals surface area (Å²) in [7, 11) is -0.670. The molecular weight excluding hydrogens is 366 g/mol. The number of anilines is 3. The second-order valence-electron chi connectivity index (χ2n) is 7.59. The Balaban J connectivity index is 1.87. The third-order valence-corrected chi connectivity index (χ3v) is 6.99. The number of nitrogens with zero attached hydrogens (tertiary/aromatic N) is 1. The number of benzene rings is 1. The van der Waals surface area contributed by atoms with E-state index in [1.807, 2.05) is 0 Å². The first kappa shape index (κ1) is 19.6. The van der Waals surface area contributed by atoms with E-state index in [2.05, 4.69) is 17.6 Å². The molecule has 0 aliphatic heterocycles. The van der Waals surface area contributed by atoms with Crippen LogP contribution in [0.25, 0.3) is 0 Å². The summed E-state index contributed by atoms with van der Waals surface area (Å²) in [4.78, 5) is 24.3. The van der Waals surface area contributed by atoms with Gasteiger partial charge in [-0.15, -0.1) is 0 Å². The normalized spacial score (nSPS) is 17.2. The van der Waals surface area contributed by atoms with Gasteiger partial charge in [-0.1, -0.05) is 25.3 Å². The van der Waals surface area contributed by atoms with E-state index in [1.54, 1.807) is 12.1 Å². The molecule has 8 heteroatoms.